The molecule has 104 valence electrons. The van der Waals surface area contributed by atoms with Gasteiger partial charge >= 0.3 is 0 Å². The van der Waals surface area contributed by atoms with E-state index in [0.717, 1.165) is 15.7 Å². The molecule has 0 atom stereocenters. The molecule has 0 saturated heterocycles. The lowest BCUT2D eigenvalue weighted by Crippen LogP contribution is -2.12. The number of alkyl halides is 1. The van der Waals surface area contributed by atoms with Gasteiger partial charge in [-0.15, -0.1) is 11.6 Å². The Hall–Kier alpha value is -1.52. The monoisotopic (exact) mass is 353 g/mol. The minimum Gasteiger partial charge on any atom is -0.496 e. The lowest BCUT2D eigenvalue weighted by molar-refractivity contribution is 0.102. The number of carbonyl (C=O) groups excluding carboxylic acids is 1. The van der Waals surface area contributed by atoms with Crippen LogP contribution in [0.2, 0.25) is 0 Å². The van der Waals surface area contributed by atoms with E-state index >= 15 is 0 Å². The molecule has 0 saturated carbocycles. The van der Waals surface area contributed by atoms with Crippen molar-refractivity contribution in [1.82, 2.24) is 0 Å². The van der Waals surface area contributed by atoms with Crippen molar-refractivity contribution in [3.05, 3.63) is 58.1 Å². The number of ether oxygens (including phenoxy) is 1. The van der Waals surface area contributed by atoms with Gasteiger partial charge in [-0.25, -0.2) is 0 Å². The summed E-state index contributed by atoms with van der Waals surface area (Å²) in [7, 11) is 1.58. The number of nitrogens with one attached hydrogen (secondary N) is 1. The molecule has 2 aromatic carbocycles. The zero-order valence-electron chi connectivity index (χ0n) is 10.8. The number of amides is 1. The Labute approximate surface area is 131 Å². The number of rotatable bonds is 4. The molecule has 0 aliphatic rings. The smallest absolute Gasteiger partial charge is 0.255 e. The molecule has 0 heterocycles. The lowest BCUT2D eigenvalue weighted by atomic mass is 10.2. The van der Waals surface area contributed by atoms with Crippen molar-refractivity contribution in [3.63, 3.8) is 0 Å². The molecule has 3 nitrogen and oxygen atoms in total. The van der Waals surface area contributed by atoms with E-state index in [0.29, 0.717) is 17.2 Å². The summed E-state index contributed by atoms with van der Waals surface area (Å²) in [5.41, 5.74) is 2.23. The fourth-order valence-electron chi connectivity index (χ4n) is 1.74. The van der Waals surface area contributed by atoms with Gasteiger partial charge in [0.25, 0.3) is 5.91 Å². The summed E-state index contributed by atoms with van der Waals surface area (Å²) >= 11 is 9.14. The van der Waals surface area contributed by atoms with E-state index in [4.69, 9.17) is 16.3 Å². The van der Waals surface area contributed by atoms with Crippen molar-refractivity contribution in [1.29, 1.82) is 0 Å². The van der Waals surface area contributed by atoms with Crippen LogP contribution in [0.5, 0.6) is 5.75 Å². The second-order valence-electron chi connectivity index (χ2n) is 4.14. The molecular weight excluding hydrogens is 342 g/mol. The van der Waals surface area contributed by atoms with E-state index in [1.165, 1.54) is 0 Å². The van der Waals surface area contributed by atoms with Crippen LogP contribution in [-0.2, 0) is 5.88 Å². The van der Waals surface area contributed by atoms with Gasteiger partial charge < -0.3 is 10.1 Å². The molecule has 0 aliphatic heterocycles. The van der Waals surface area contributed by atoms with Gasteiger partial charge in [0.1, 0.15) is 5.75 Å². The Balaban J connectivity index is 2.17. The summed E-state index contributed by atoms with van der Waals surface area (Å²) in [5.74, 6) is 0.920. The summed E-state index contributed by atoms with van der Waals surface area (Å²) < 4.78 is 5.87. The van der Waals surface area contributed by atoms with Crippen molar-refractivity contribution in [3.8, 4) is 5.75 Å². The van der Waals surface area contributed by atoms with Gasteiger partial charge in [-0.2, -0.15) is 0 Å². The Kier molecular flexibility index (Phi) is 5.04. The molecular formula is C15H13BrClNO2. The molecule has 0 unspecified atom stereocenters. The zero-order valence-corrected chi connectivity index (χ0v) is 13.2. The fraction of sp³-hybridized carbons (Fsp3) is 0.133. The van der Waals surface area contributed by atoms with Crippen molar-refractivity contribution in [2.24, 2.45) is 0 Å². The normalized spacial score (nSPS) is 10.2. The van der Waals surface area contributed by atoms with Crippen molar-refractivity contribution in [2.45, 2.75) is 5.88 Å². The number of hydrogen-bond acceptors (Lipinski definition) is 2. The molecule has 0 bridgehead atoms. The highest BCUT2D eigenvalue weighted by molar-refractivity contribution is 9.10. The molecule has 1 N–H and O–H groups in total. The van der Waals surface area contributed by atoms with E-state index in [9.17, 15) is 4.79 Å². The Morgan fingerprint density at radius 2 is 2.10 bits per heavy atom. The number of benzene rings is 2. The van der Waals surface area contributed by atoms with Crippen LogP contribution in [0.1, 0.15) is 15.9 Å². The quantitative estimate of drug-likeness (QED) is 0.824. The van der Waals surface area contributed by atoms with Gasteiger partial charge in [-0.3, -0.25) is 4.79 Å². The topological polar surface area (TPSA) is 38.3 Å². The molecule has 1 amide bonds. The first kappa shape index (κ1) is 14.9. The van der Waals surface area contributed by atoms with Crippen molar-refractivity contribution in [2.75, 3.05) is 12.4 Å². The highest BCUT2D eigenvalue weighted by Gasteiger charge is 2.09. The number of halogens is 2. The van der Waals surface area contributed by atoms with Crippen LogP contribution in [-0.4, -0.2) is 13.0 Å². The summed E-state index contributed by atoms with van der Waals surface area (Å²) in [4.78, 5) is 12.2. The Morgan fingerprint density at radius 1 is 1.30 bits per heavy atom. The number of anilines is 1. The van der Waals surface area contributed by atoms with E-state index in [1.807, 2.05) is 24.3 Å². The summed E-state index contributed by atoms with van der Waals surface area (Å²) in [6, 6.07) is 12.6. The summed E-state index contributed by atoms with van der Waals surface area (Å²) in [6.07, 6.45) is 0. The maximum absolute atomic E-state index is 12.2. The standard InChI is InChI=1S/C15H13BrClNO2/c1-20-14-6-5-11(8-13(14)16)15(19)18-12-4-2-3-10(7-12)9-17/h2-8H,9H2,1H3,(H,18,19). The average Bonchev–Trinajstić information content (AvgIpc) is 2.47. The summed E-state index contributed by atoms with van der Waals surface area (Å²) in [6.45, 7) is 0. The third-order valence-corrected chi connectivity index (χ3v) is 3.68. The number of carbonyl (C=O) groups is 1. The molecule has 20 heavy (non-hydrogen) atoms. The molecule has 0 radical (unpaired) electrons. The lowest BCUT2D eigenvalue weighted by Gasteiger charge is -2.08. The van der Waals surface area contributed by atoms with Crippen LogP contribution >= 0.6 is 27.5 Å². The first-order valence-corrected chi connectivity index (χ1v) is 7.26. The molecule has 2 rings (SSSR count). The highest BCUT2D eigenvalue weighted by atomic mass is 79.9. The van der Waals surface area contributed by atoms with Gasteiger partial charge in [-0.05, 0) is 51.8 Å². The largest absolute Gasteiger partial charge is 0.496 e. The molecule has 2 aromatic rings. The maximum Gasteiger partial charge on any atom is 0.255 e. The van der Waals surface area contributed by atoms with E-state index < -0.39 is 0 Å². The minimum absolute atomic E-state index is 0.180. The third kappa shape index (κ3) is 3.52. The van der Waals surface area contributed by atoms with Crippen LogP contribution in [0.25, 0.3) is 0 Å². The predicted molar refractivity (Wildman–Crippen MR) is 84.6 cm³/mol. The van der Waals surface area contributed by atoms with Crippen molar-refractivity contribution >= 4 is 39.1 Å². The third-order valence-electron chi connectivity index (χ3n) is 2.75. The number of methoxy groups -OCH3 is 1. The van der Waals surface area contributed by atoms with Gasteiger partial charge in [0, 0.05) is 17.1 Å². The molecule has 5 heteroatoms. The Morgan fingerprint density at radius 3 is 2.75 bits per heavy atom. The van der Waals surface area contributed by atoms with Crippen LogP contribution in [0.15, 0.2) is 46.9 Å². The van der Waals surface area contributed by atoms with Crippen LogP contribution < -0.4 is 10.1 Å². The predicted octanol–water partition coefficient (Wildman–Crippen LogP) is 4.45. The molecule has 0 spiro atoms. The van der Waals surface area contributed by atoms with E-state index in [-0.39, 0.29) is 5.91 Å². The number of hydrogen-bond donors (Lipinski definition) is 1. The second-order valence-corrected chi connectivity index (χ2v) is 5.26. The molecule has 0 fully saturated rings. The van der Waals surface area contributed by atoms with Crippen LogP contribution in [0.4, 0.5) is 5.69 Å². The zero-order chi connectivity index (χ0) is 14.5. The second kappa shape index (κ2) is 6.77. The van der Waals surface area contributed by atoms with Gasteiger partial charge in [-0.1, -0.05) is 12.1 Å². The van der Waals surface area contributed by atoms with Crippen LogP contribution in [0, 0.1) is 0 Å². The Bertz CT molecular complexity index is 631. The van der Waals surface area contributed by atoms with Gasteiger partial charge in [0.2, 0.25) is 0 Å². The maximum atomic E-state index is 12.2. The van der Waals surface area contributed by atoms with Gasteiger partial charge in [0.15, 0.2) is 0 Å². The minimum atomic E-state index is -0.180. The SMILES string of the molecule is COc1ccc(C(=O)Nc2cccc(CCl)c2)cc1Br. The van der Waals surface area contributed by atoms with Gasteiger partial charge in [0.05, 0.1) is 11.6 Å². The summed E-state index contributed by atoms with van der Waals surface area (Å²) in [5, 5.41) is 2.84. The fourth-order valence-corrected chi connectivity index (χ4v) is 2.45. The van der Waals surface area contributed by atoms with Crippen molar-refractivity contribution < 1.29 is 9.53 Å². The average molecular weight is 355 g/mol. The van der Waals surface area contributed by atoms with E-state index in [1.54, 1.807) is 25.3 Å². The molecule has 0 aliphatic carbocycles. The first-order chi connectivity index (χ1) is 9.63. The molecule has 0 aromatic heterocycles. The first-order valence-electron chi connectivity index (χ1n) is 5.94. The van der Waals surface area contributed by atoms with E-state index in [2.05, 4.69) is 21.2 Å². The van der Waals surface area contributed by atoms with Crippen LogP contribution in [0.3, 0.4) is 0 Å². The highest BCUT2D eigenvalue weighted by Crippen LogP contribution is 2.26.